The predicted octanol–water partition coefficient (Wildman–Crippen LogP) is 4.08. The number of guanidine groups is 1. The van der Waals surface area contributed by atoms with Crippen LogP contribution in [0.25, 0.3) is 0 Å². The lowest BCUT2D eigenvalue weighted by molar-refractivity contribution is -0.132. The minimum absolute atomic E-state index is 0. The largest absolute Gasteiger partial charge is 0.390 e. The molecule has 1 atom stereocenters. The number of aliphatic imine (C=N–C) groups is 1. The average Bonchev–Trinajstić information content (AvgIpc) is 2.27. The fraction of sp³-hybridized carbons (Fsp3) is 0.923. The molecule has 122 valence electrons. The predicted molar refractivity (Wildman–Crippen MR) is 88.8 cm³/mol. The molecule has 0 aliphatic carbocycles. The Hall–Kier alpha value is -0.210. The first kappa shape index (κ1) is 22.1. The Bertz CT molecular complexity index is 258. The van der Waals surface area contributed by atoms with E-state index >= 15 is 0 Å². The van der Waals surface area contributed by atoms with E-state index in [2.05, 4.69) is 22.5 Å². The molecule has 0 heterocycles. The van der Waals surface area contributed by atoms with Gasteiger partial charge in [0, 0.05) is 12.6 Å². The van der Waals surface area contributed by atoms with Gasteiger partial charge in [-0.3, -0.25) is 4.99 Å². The van der Waals surface area contributed by atoms with Crippen molar-refractivity contribution in [3.05, 3.63) is 0 Å². The lowest BCUT2D eigenvalue weighted by Gasteiger charge is -2.17. The molecule has 0 saturated heterocycles. The minimum Gasteiger partial charge on any atom is -0.357 e. The van der Waals surface area contributed by atoms with Crippen LogP contribution in [-0.4, -0.2) is 31.3 Å². The molecule has 0 radical (unpaired) electrons. The van der Waals surface area contributed by atoms with E-state index < -0.39 is 12.6 Å². The molecule has 20 heavy (non-hydrogen) atoms. The van der Waals surface area contributed by atoms with Crippen molar-refractivity contribution in [3.63, 3.8) is 0 Å². The molecule has 3 nitrogen and oxygen atoms in total. The highest BCUT2D eigenvalue weighted by Crippen LogP contribution is 2.18. The van der Waals surface area contributed by atoms with E-state index in [1.165, 1.54) is 6.42 Å². The van der Waals surface area contributed by atoms with Crippen LogP contribution < -0.4 is 10.6 Å². The number of nitrogens with one attached hydrogen (secondary N) is 2. The molecule has 0 aromatic heterocycles. The summed E-state index contributed by atoms with van der Waals surface area (Å²) >= 11 is 0. The standard InChI is InChI=1S/C13H26F3N3.HI/c1-4-6-7-8-11(3)19-12(17-5-2)18-10-9-13(14,15)16;/h11H,4-10H2,1-3H3,(H2,17,18,19);1H. The van der Waals surface area contributed by atoms with Crippen LogP contribution >= 0.6 is 24.0 Å². The third kappa shape index (κ3) is 14.2. The fourth-order valence-corrected chi connectivity index (χ4v) is 1.62. The lowest BCUT2D eigenvalue weighted by atomic mass is 10.1. The average molecular weight is 409 g/mol. The molecule has 0 aliphatic heterocycles. The molecule has 0 aliphatic rings. The molecule has 0 rings (SSSR count). The van der Waals surface area contributed by atoms with Gasteiger partial charge in [0.1, 0.15) is 0 Å². The summed E-state index contributed by atoms with van der Waals surface area (Å²) in [6, 6.07) is 0.218. The van der Waals surface area contributed by atoms with Gasteiger partial charge in [0.05, 0.1) is 13.0 Å². The SMILES string of the molecule is CCCCCC(C)NC(=NCCC(F)(F)F)NCC.I. The molecule has 2 N–H and O–H groups in total. The molecule has 0 aromatic rings. The number of rotatable bonds is 8. The van der Waals surface area contributed by atoms with Crippen LogP contribution in [-0.2, 0) is 0 Å². The van der Waals surface area contributed by atoms with E-state index in [9.17, 15) is 13.2 Å². The summed E-state index contributed by atoms with van der Waals surface area (Å²) in [6.45, 7) is 6.45. The van der Waals surface area contributed by atoms with Crippen molar-refractivity contribution in [2.75, 3.05) is 13.1 Å². The van der Waals surface area contributed by atoms with Crippen molar-refractivity contribution in [2.24, 2.45) is 4.99 Å². The Balaban J connectivity index is 0. The summed E-state index contributed by atoms with van der Waals surface area (Å²) in [4.78, 5) is 3.94. The van der Waals surface area contributed by atoms with Gasteiger partial charge in [-0.2, -0.15) is 13.2 Å². The molecular weight excluding hydrogens is 382 g/mol. The zero-order valence-corrected chi connectivity index (χ0v) is 14.8. The van der Waals surface area contributed by atoms with E-state index in [-0.39, 0.29) is 36.6 Å². The van der Waals surface area contributed by atoms with Crippen LogP contribution in [0.5, 0.6) is 0 Å². The van der Waals surface area contributed by atoms with Crippen LogP contribution in [0.4, 0.5) is 13.2 Å². The van der Waals surface area contributed by atoms with Gasteiger partial charge in [0.2, 0.25) is 0 Å². The van der Waals surface area contributed by atoms with Crippen LogP contribution in [0.2, 0.25) is 0 Å². The van der Waals surface area contributed by atoms with Gasteiger partial charge in [-0.1, -0.05) is 26.2 Å². The molecule has 0 saturated carbocycles. The highest BCUT2D eigenvalue weighted by atomic mass is 127. The van der Waals surface area contributed by atoms with Gasteiger partial charge in [-0.05, 0) is 20.3 Å². The van der Waals surface area contributed by atoms with Gasteiger partial charge < -0.3 is 10.6 Å². The number of hydrogen-bond donors (Lipinski definition) is 2. The molecular formula is C13H27F3IN3. The van der Waals surface area contributed by atoms with E-state index in [1.807, 2.05) is 13.8 Å². The Morgan fingerprint density at radius 2 is 1.85 bits per heavy atom. The summed E-state index contributed by atoms with van der Waals surface area (Å²) in [5, 5.41) is 6.10. The van der Waals surface area contributed by atoms with Crippen molar-refractivity contribution >= 4 is 29.9 Å². The number of hydrogen-bond acceptors (Lipinski definition) is 1. The lowest BCUT2D eigenvalue weighted by Crippen LogP contribution is -2.42. The van der Waals surface area contributed by atoms with E-state index in [0.717, 1.165) is 19.3 Å². The van der Waals surface area contributed by atoms with E-state index in [4.69, 9.17) is 0 Å². The van der Waals surface area contributed by atoms with Crippen LogP contribution in [0.15, 0.2) is 4.99 Å². The maximum atomic E-state index is 12.0. The van der Waals surface area contributed by atoms with Crippen molar-refractivity contribution in [1.29, 1.82) is 0 Å². The van der Waals surface area contributed by atoms with Crippen molar-refractivity contribution in [3.8, 4) is 0 Å². The van der Waals surface area contributed by atoms with Gasteiger partial charge in [0.15, 0.2) is 5.96 Å². The Labute approximate surface area is 137 Å². The van der Waals surface area contributed by atoms with Crippen LogP contribution in [0.1, 0.15) is 52.9 Å². The van der Waals surface area contributed by atoms with Gasteiger partial charge >= 0.3 is 6.18 Å². The highest BCUT2D eigenvalue weighted by molar-refractivity contribution is 14.0. The second-order valence-corrected chi connectivity index (χ2v) is 4.67. The zero-order valence-electron chi connectivity index (χ0n) is 12.5. The summed E-state index contributed by atoms with van der Waals surface area (Å²) in [7, 11) is 0. The van der Waals surface area contributed by atoms with Crippen LogP contribution in [0, 0.1) is 0 Å². The quantitative estimate of drug-likeness (QED) is 0.274. The molecule has 0 aromatic carbocycles. The summed E-state index contributed by atoms with van der Waals surface area (Å²) in [6.07, 6.45) is -0.578. The van der Waals surface area contributed by atoms with E-state index in [0.29, 0.717) is 12.5 Å². The third-order valence-corrected chi connectivity index (χ3v) is 2.63. The number of unbranched alkanes of at least 4 members (excludes halogenated alkanes) is 2. The number of halogens is 4. The molecule has 1 unspecified atom stereocenters. The van der Waals surface area contributed by atoms with Gasteiger partial charge in [0.25, 0.3) is 0 Å². The van der Waals surface area contributed by atoms with Crippen molar-refractivity contribution < 1.29 is 13.2 Å². The molecule has 0 fully saturated rings. The van der Waals surface area contributed by atoms with Gasteiger partial charge in [-0.15, -0.1) is 24.0 Å². The first-order valence-corrected chi connectivity index (χ1v) is 7.00. The summed E-state index contributed by atoms with van der Waals surface area (Å²) in [5.41, 5.74) is 0. The van der Waals surface area contributed by atoms with Crippen molar-refractivity contribution in [1.82, 2.24) is 10.6 Å². The zero-order chi connectivity index (χ0) is 14.7. The first-order valence-electron chi connectivity index (χ1n) is 7.00. The Morgan fingerprint density at radius 1 is 1.20 bits per heavy atom. The maximum absolute atomic E-state index is 12.0. The Morgan fingerprint density at radius 3 is 2.35 bits per heavy atom. The summed E-state index contributed by atoms with van der Waals surface area (Å²) < 4.78 is 36.1. The normalized spacial score (nSPS) is 13.6. The topological polar surface area (TPSA) is 36.4 Å². The second kappa shape index (κ2) is 12.5. The van der Waals surface area contributed by atoms with Crippen molar-refractivity contribution in [2.45, 2.75) is 65.1 Å². The third-order valence-electron chi connectivity index (χ3n) is 2.63. The van der Waals surface area contributed by atoms with Crippen LogP contribution in [0.3, 0.4) is 0 Å². The maximum Gasteiger partial charge on any atom is 0.390 e. The number of alkyl halides is 3. The molecule has 0 amide bonds. The van der Waals surface area contributed by atoms with E-state index in [1.54, 1.807) is 0 Å². The Kier molecular flexibility index (Phi) is 13.8. The molecule has 0 bridgehead atoms. The smallest absolute Gasteiger partial charge is 0.357 e. The monoisotopic (exact) mass is 409 g/mol. The molecule has 7 heteroatoms. The highest BCUT2D eigenvalue weighted by Gasteiger charge is 2.26. The second-order valence-electron chi connectivity index (χ2n) is 4.67. The summed E-state index contributed by atoms with van der Waals surface area (Å²) in [5.74, 6) is 0.468. The minimum atomic E-state index is -4.15. The fourth-order valence-electron chi connectivity index (χ4n) is 1.62. The number of nitrogens with zero attached hydrogens (tertiary/aromatic N) is 1. The van der Waals surface area contributed by atoms with Gasteiger partial charge in [-0.25, -0.2) is 0 Å². The molecule has 0 spiro atoms. The first-order chi connectivity index (χ1) is 8.89.